The van der Waals surface area contributed by atoms with Gasteiger partial charge in [-0.1, -0.05) is 0 Å². The SMILES string of the molecule is Cc1cc(C(=O)N[C@H](C)CN)c(C)s1. The first-order valence-corrected chi connectivity index (χ1v) is 5.44. The zero-order chi connectivity index (χ0) is 10.7. The molecular formula is C10H16N2OS. The van der Waals surface area contributed by atoms with Crippen LogP contribution in [0.25, 0.3) is 0 Å². The van der Waals surface area contributed by atoms with E-state index in [-0.39, 0.29) is 11.9 Å². The normalized spacial score (nSPS) is 12.6. The summed E-state index contributed by atoms with van der Waals surface area (Å²) < 4.78 is 0. The van der Waals surface area contributed by atoms with Gasteiger partial charge in [0.25, 0.3) is 5.91 Å². The van der Waals surface area contributed by atoms with Gasteiger partial charge in [0.1, 0.15) is 0 Å². The molecule has 0 bridgehead atoms. The fourth-order valence-electron chi connectivity index (χ4n) is 1.22. The molecule has 0 saturated heterocycles. The molecule has 0 saturated carbocycles. The summed E-state index contributed by atoms with van der Waals surface area (Å²) in [6.07, 6.45) is 0. The van der Waals surface area contributed by atoms with Crippen LogP contribution in [0.3, 0.4) is 0 Å². The van der Waals surface area contributed by atoms with Crippen molar-refractivity contribution in [2.24, 2.45) is 5.73 Å². The summed E-state index contributed by atoms with van der Waals surface area (Å²) in [5, 5.41) is 2.84. The van der Waals surface area contributed by atoms with Crippen molar-refractivity contribution in [2.45, 2.75) is 26.8 Å². The zero-order valence-electron chi connectivity index (χ0n) is 8.76. The van der Waals surface area contributed by atoms with Crippen LogP contribution in [0.4, 0.5) is 0 Å². The molecule has 1 atom stereocenters. The molecule has 0 unspecified atom stereocenters. The van der Waals surface area contributed by atoms with Crippen molar-refractivity contribution in [3.8, 4) is 0 Å². The predicted octanol–water partition coefficient (Wildman–Crippen LogP) is 1.44. The molecule has 0 fully saturated rings. The van der Waals surface area contributed by atoms with Crippen molar-refractivity contribution in [1.82, 2.24) is 5.32 Å². The van der Waals surface area contributed by atoms with Crippen LogP contribution in [-0.2, 0) is 0 Å². The minimum Gasteiger partial charge on any atom is -0.348 e. The number of nitrogens with one attached hydrogen (secondary N) is 1. The van der Waals surface area contributed by atoms with Gasteiger partial charge in [-0.2, -0.15) is 0 Å². The largest absolute Gasteiger partial charge is 0.348 e. The fraction of sp³-hybridized carbons (Fsp3) is 0.500. The highest BCUT2D eigenvalue weighted by atomic mass is 32.1. The van der Waals surface area contributed by atoms with Crippen molar-refractivity contribution < 1.29 is 4.79 Å². The first-order valence-electron chi connectivity index (χ1n) is 4.62. The molecule has 0 aliphatic heterocycles. The van der Waals surface area contributed by atoms with Gasteiger partial charge in [-0.05, 0) is 26.8 Å². The third-order valence-electron chi connectivity index (χ3n) is 2.02. The highest BCUT2D eigenvalue weighted by Gasteiger charge is 2.13. The topological polar surface area (TPSA) is 55.1 Å². The van der Waals surface area contributed by atoms with Gasteiger partial charge in [-0.25, -0.2) is 0 Å². The summed E-state index contributed by atoms with van der Waals surface area (Å²) in [6, 6.07) is 1.94. The maximum Gasteiger partial charge on any atom is 0.252 e. The second kappa shape index (κ2) is 4.57. The van der Waals surface area contributed by atoms with Crippen molar-refractivity contribution in [2.75, 3.05) is 6.54 Å². The van der Waals surface area contributed by atoms with Crippen molar-refractivity contribution in [3.63, 3.8) is 0 Å². The molecule has 1 rings (SSSR count). The van der Waals surface area contributed by atoms with Crippen LogP contribution in [0, 0.1) is 13.8 Å². The van der Waals surface area contributed by atoms with Gasteiger partial charge in [-0.3, -0.25) is 4.79 Å². The Hall–Kier alpha value is -0.870. The van der Waals surface area contributed by atoms with Crippen LogP contribution in [0.2, 0.25) is 0 Å². The molecular weight excluding hydrogens is 196 g/mol. The molecule has 1 heterocycles. The standard InChI is InChI=1S/C10H16N2OS/c1-6(5-11)12-10(13)9-4-7(2)14-8(9)3/h4,6H,5,11H2,1-3H3,(H,12,13)/t6-/m1/s1. The highest BCUT2D eigenvalue weighted by Crippen LogP contribution is 2.20. The van der Waals surface area contributed by atoms with Gasteiger partial charge in [0.05, 0.1) is 5.56 Å². The van der Waals surface area contributed by atoms with Gasteiger partial charge < -0.3 is 11.1 Å². The summed E-state index contributed by atoms with van der Waals surface area (Å²) in [6.45, 7) is 6.32. The number of aryl methyl sites for hydroxylation is 2. The molecule has 1 aromatic rings. The Labute approximate surface area is 88.3 Å². The average Bonchev–Trinajstić information content (AvgIpc) is 2.45. The van der Waals surface area contributed by atoms with E-state index in [0.717, 1.165) is 15.3 Å². The average molecular weight is 212 g/mol. The van der Waals surface area contributed by atoms with Gasteiger partial charge in [-0.15, -0.1) is 11.3 Å². The second-order valence-electron chi connectivity index (χ2n) is 3.44. The number of hydrogen-bond donors (Lipinski definition) is 2. The lowest BCUT2D eigenvalue weighted by Crippen LogP contribution is -2.37. The highest BCUT2D eigenvalue weighted by molar-refractivity contribution is 7.12. The Morgan fingerprint density at radius 1 is 1.64 bits per heavy atom. The number of hydrogen-bond acceptors (Lipinski definition) is 3. The van der Waals surface area contributed by atoms with Crippen molar-refractivity contribution in [3.05, 3.63) is 21.4 Å². The third-order valence-corrected chi connectivity index (χ3v) is 2.98. The molecule has 0 aliphatic carbocycles. The number of rotatable bonds is 3. The van der Waals surface area contributed by atoms with E-state index in [0.29, 0.717) is 6.54 Å². The van der Waals surface area contributed by atoms with E-state index in [1.807, 2.05) is 26.8 Å². The Kier molecular flexibility index (Phi) is 3.66. The van der Waals surface area contributed by atoms with Crippen LogP contribution in [0.15, 0.2) is 6.07 Å². The fourth-order valence-corrected chi connectivity index (χ4v) is 2.14. The number of carbonyl (C=O) groups is 1. The third kappa shape index (κ3) is 2.56. The Morgan fingerprint density at radius 2 is 2.29 bits per heavy atom. The lowest BCUT2D eigenvalue weighted by Gasteiger charge is -2.10. The number of thiophene rings is 1. The van der Waals surface area contributed by atoms with E-state index in [4.69, 9.17) is 5.73 Å². The van der Waals surface area contributed by atoms with Crippen LogP contribution in [0.5, 0.6) is 0 Å². The smallest absolute Gasteiger partial charge is 0.252 e. The first-order chi connectivity index (χ1) is 6.54. The minimum atomic E-state index is -0.0233. The van der Waals surface area contributed by atoms with E-state index in [9.17, 15) is 4.79 Å². The first kappa shape index (κ1) is 11.2. The Morgan fingerprint density at radius 3 is 2.71 bits per heavy atom. The summed E-state index contributed by atoms with van der Waals surface area (Å²) in [5.74, 6) is -0.0233. The molecule has 0 aromatic carbocycles. The minimum absolute atomic E-state index is 0.0233. The maximum atomic E-state index is 11.7. The summed E-state index contributed by atoms with van der Waals surface area (Å²) in [7, 11) is 0. The predicted molar refractivity (Wildman–Crippen MR) is 59.8 cm³/mol. The molecule has 3 nitrogen and oxygen atoms in total. The Balaban J connectivity index is 2.74. The van der Waals surface area contributed by atoms with Crippen molar-refractivity contribution >= 4 is 17.2 Å². The maximum absolute atomic E-state index is 11.7. The summed E-state index contributed by atoms with van der Waals surface area (Å²) >= 11 is 1.64. The van der Waals surface area contributed by atoms with Gasteiger partial charge in [0, 0.05) is 22.3 Å². The molecule has 14 heavy (non-hydrogen) atoms. The quantitative estimate of drug-likeness (QED) is 0.796. The molecule has 3 N–H and O–H groups in total. The second-order valence-corrected chi connectivity index (χ2v) is 4.90. The molecule has 4 heteroatoms. The van der Waals surface area contributed by atoms with Crippen LogP contribution in [-0.4, -0.2) is 18.5 Å². The van der Waals surface area contributed by atoms with Crippen LogP contribution < -0.4 is 11.1 Å². The lowest BCUT2D eigenvalue weighted by molar-refractivity contribution is 0.0941. The van der Waals surface area contributed by atoms with E-state index in [1.165, 1.54) is 0 Å². The van der Waals surface area contributed by atoms with E-state index in [2.05, 4.69) is 5.32 Å². The van der Waals surface area contributed by atoms with Crippen LogP contribution in [0.1, 0.15) is 27.0 Å². The molecule has 1 aromatic heterocycles. The summed E-state index contributed by atoms with van der Waals surface area (Å²) in [4.78, 5) is 13.9. The lowest BCUT2D eigenvalue weighted by atomic mass is 10.2. The molecule has 0 spiro atoms. The van der Waals surface area contributed by atoms with Gasteiger partial charge in [0.15, 0.2) is 0 Å². The molecule has 0 radical (unpaired) electrons. The Bertz CT molecular complexity index is 333. The molecule has 1 amide bonds. The van der Waals surface area contributed by atoms with Crippen LogP contribution >= 0.6 is 11.3 Å². The number of amides is 1. The van der Waals surface area contributed by atoms with E-state index < -0.39 is 0 Å². The zero-order valence-corrected chi connectivity index (χ0v) is 9.57. The van der Waals surface area contributed by atoms with Gasteiger partial charge in [0.2, 0.25) is 0 Å². The monoisotopic (exact) mass is 212 g/mol. The van der Waals surface area contributed by atoms with E-state index >= 15 is 0 Å². The number of carbonyl (C=O) groups excluding carboxylic acids is 1. The van der Waals surface area contributed by atoms with Crippen molar-refractivity contribution in [1.29, 1.82) is 0 Å². The molecule has 78 valence electrons. The summed E-state index contributed by atoms with van der Waals surface area (Å²) in [5.41, 5.74) is 6.20. The van der Waals surface area contributed by atoms with E-state index in [1.54, 1.807) is 11.3 Å². The van der Waals surface area contributed by atoms with Gasteiger partial charge >= 0.3 is 0 Å². The molecule has 0 aliphatic rings. The number of nitrogens with two attached hydrogens (primary N) is 1.